The monoisotopic (exact) mass is 269 g/mol. The minimum Gasteiger partial charge on any atom is -0.496 e. The average molecular weight is 270 g/mol. The second-order valence-corrected chi connectivity index (χ2v) is 3.83. The molecule has 0 atom stereocenters. The van der Waals surface area contributed by atoms with E-state index in [9.17, 15) is 0 Å². The van der Waals surface area contributed by atoms with Crippen LogP contribution in [0.25, 0.3) is 0 Å². The first kappa shape index (κ1) is 12.0. The van der Waals surface area contributed by atoms with Gasteiger partial charge in [0, 0.05) is 4.47 Å². The maximum Gasteiger partial charge on any atom is 0.133 e. The molecule has 3 nitrogen and oxygen atoms in total. The smallest absolute Gasteiger partial charge is 0.133 e. The zero-order valence-corrected chi connectivity index (χ0v) is 10.1. The van der Waals surface area contributed by atoms with E-state index in [0.717, 1.165) is 22.2 Å². The van der Waals surface area contributed by atoms with Gasteiger partial charge < -0.3 is 9.47 Å². The van der Waals surface area contributed by atoms with Gasteiger partial charge in [0.05, 0.1) is 19.8 Å². The first-order valence-electron chi connectivity index (χ1n) is 4.55. The fraction of sp³-hybridized carbons (Fsp3) is 0.364. The highest BCUT2D eigenvalue weighted by Crippen LogP contribution is 2.23. The summed E-state index contributed by atoms with van der Waals surface area (Å²) in [5, 5.41) is 8.29. The highest BCUT2D eigenvalue weighted by atomic mass is 79.9. The lowest BCUT2D eigenvalue weighted by Gasteiger charge is -2.08. The third-order valence-corrected chi connectivity index (χ3v) is 2.42. The molecule has 0 fully saturated rings. The number of halogens is 1. The van der Waals surface area contributed by atoms with Gasteiger partial charge in [0.1, 0.15) is 12.4 Å². The Kier molecular flexibility index (Phi) is 5.16. The predicted octanol–water partition coefficient (Wildman–Crippen LogP) is 2.54. The molecule has 0 spiro atoms. The zero-order chi connectivity index (χ0) is 11.1. The van der Waals surface area contributed by atoms with Gasteiger partial charge in [0.15, 0.2) is 0 Å². The van der Waals surface area contributed by atoms with Gasteiger partial charge in [0.25, 0.3) is 0 Å². The summed E-state index contributed by atoms with van der Waals surface area (Å²) in [6.07, 6.45) is 0.748. The molecule has 0 aromatic heterocycles. The van der Waals surface area contributed by atoms with E-state index in [-0.39, 0.29) is 6.61 Å². The van der Waals surface area contributed by atoms with E-state index in [1.54, 1.807) is 7.11 Å². The van der Waals surface area contributed by atoms with Gasteiger partial charge in [-0.15, -0.1) is 0 Å². The summed E-state index contributed by atoms with van der Waals surface area (Å²) in [4.78, 5) is 0. The van der Waals surface area contributed by atoms with Gasteiger partial charge in [-0.2, -0.15) is 5.26 Å². The molecule has 0 saturated carbocycles. The van der Waals surface area contributed by atoms with E-state index in [0.29, 0.717) is 6.61 Å². The molecule has 80 valence electrons. The molecule has 15 heavy (non-hydrogen) atoms. The van der Waals surface area contributed by atoms with Crippen molar-refractivity contribution >= 4 is 15.9 Å². The molecule has 0 aliphatic rings. The van der Waals surface area contributed by atoms with Crippen LogP contribution in [0.5, 0.6) is 5.75 Å². The highest BCUT2D eigenvalue weighted by molar-refractivity contribution is 9.10. The van der Waals surface area contributed by atoms with Gasteiger partial charge in [-0.1, -0.05) is 22.0 Å². The van der Waals surface area contributed by atoms with Gasteiger partial charge in [-0.25, -0.2) is 0 Å². The topological polar surface area (TPSA) is 42.2 Å². The van der Waals surface area contributed by atoms with Crippen LogP contribution in [0, 0.1) is 11.3 Å². The number of hydrogen-bond donors (Lipinski definition) is 0. The number of nitrogens with zero attached hydrogens (tertiary/aromatic N) is 1. The average Bonchev–Trinajstić information content (AvgIpc) is 2.26. The number of ether oxygens (including phenoxy) is 2. The van der Waals surface area contributed by atoms with Crippen molar-refractivity contribution in [2.75, 3.05) is 20.3 Å². The van der Waals surface area contributed by atoms with Crippen molar-refractivity contribution in [2.24, 2.45) is 0 Å². The Morgan fingerprint density at radius 2 is 2.27 bits per heavy atom. The van der Waals surface area contributed by atoms with Crippen LogP contribution in [0.3, 0.4) is 0 Å². The number of benzene rings is 1. The lowest BCUT2D eigenvalue weighted by molar-refractivity contribution is 0.169. The summed E-state index contributed by atoms with van der Waals surface area (Å²) in [5.74, 6) is 0.838. The number of hydrogen-bond acceptors (Lipinski definition) is 3. The molecule has 1 aromatic rings. The van der Waals surface area contributed by atoms with Crippen molar-refractivity contribution in [3.05, 3.63) is 28.2 Å². The lowest BCUT2D eigenvalue weighted by atomic mass is 10.1. The van der Waals surface area contributed by atoms with Crippen LogP contribution in [0.2, 0.25) is 0 Å². The largest absolute Gasteiger partial charge is 0.496 e. The fourth-order valence-electron chi connectivity index (χ4n) is 1.22. The number of methoxy groups -OCH3 is 1. The Morgan fingerprint density at radius 1 is 1.47 bits per heavy atom. The Hall–Kier alpha value is -1.05. The molecular weight excluding hydrogens is 258 g/mol. The summed E-state index contributed by atoms with van der Waals surface area (Å²) in [6, 6.07) is 7.79. The van der Waals surface area contributed by atoms with Crippen LogP contribution < -0.4 is 4.74 Å². The molecule has 1 rings (SSSR count). The molecule has 0 amide bonds. The molecular formula is C11H12BrNO2. The molecule has 1 aromatic carbocycles. The van der Waals surface area contributed by atoms with Crippen LogP contribution in [0.15, 0.2) is 22.7 Å². The van der Waals surface area contributed by atoms with Crippen molar-refractivity contribution in [2.45, 2.75) is 6.42 Å². The first-order chi connectivity index (χ1) is 7.27. The van der Waals surface area contributed by atoms with Crippen LogP contribution >= 0.6 is 15.9 Å². The number of nitriles is 1. The fourth-order valence-corrected chi connectivity index (χ4v) is 1.56. The molecule has 0 aliphatic carbocycles. The van der Waals surface area contributed by atoms with E-state index in [1.807, 2.05) is 24.3 Å². The minimum atomic E-state index is 0.138. The van der Waals surface area contributed by atoms with Crippen molar-refractivity contribution in [1.82, 2.24) is 0 Å². The minimum absolute atomic E-state index is 0.138. The van der Waals surface area contributed by atoms with Crippen molar-refractivity contribution < 1.29 is 9.47 Å². The van der Waals surface area contributed by atoms with Crippen LogP contribution in [-0.4, -0.2) is 20.3 Å². The molecule has 0 aliphatic heterocycles. The Labute approximate surface area is 97.7 Å². The zero-order valence-electron chi connectivity index (χ0n) is 8.50. The molecule has 0 bridgehead atoms. The Bertz CT molecular complexity index is 360. The SMILES string of the molecule is COc1cc(Br)ccc1CCOCC#N. The van der Waals surface area contributed by atoms with E-state index in [2.05, 4.69) is 15.9 Å². The normalized spacial score (nSPS) is 9.67. The highest BCUT2D eigenvalue weighted by Gasteiger charge is 2.03. The van der Waals surface area contributed by atoms with Crippen molar-refractivity contribution in [3.8, 4) is 11.8 Å². The molecule has 0 N–H and O–H groups in total. The van der Waals surface area contributed by atoms with Crippen molar-refractivity contribution in [1.29, 1.82) is 5.26 Å². The second-order valence-electron chi connectivity index (χ2n) is 2.92. The van der Waals surface area contributed by atoms with Gasteiger partial charge in [0.2, 0.25) is 0 Å². The third kappa shape index (κ3) is 3.90. The van der Waals surface area contributed by atoms with E-state index < -0.39 is 0 Å². The summed E-state index contributed by atoms with van der Waals surface area (Å²) in [5.41, 5.74) is 1.08. The summed E-state index contributed by atoms with van der Waals surface area (Å²) in [7, 11) is 1.64. The summed E-state index contributed by atoms with van der Waals surface area (Å²) >= 11 is 3.38. The van der Waals surface area contributed by atoms with Gasteiger partial charge >= 0.3 is 0 Å². The lowest BCUT2D eigenvalue weighted by Crippen LogP contribution is -2.00. The van der Waals surface area contributed by atoms with E-state index in [4.69, 9.17) is 14.7 Å². The Balaban J connectivity index is 2.57. The van der Waals surface area contributed by atoms with E-state index >= 15 is 0 Å². The van der Waals surface area contributed by atoms with Crippen LogP contribution in [0.4, 0.5) is 0 Å². The quantitative estimate of drug-likeness (QED) is 0.772. The molecule has 0 unspecified atom stereocenters. The second kappa shape index (κ2) is 6.44. The molecule has 0 saturated heterocycles. The number of rotatable bonds is 5. The summed E-state index contributed by atoms with van der Waals surface area (Å²) < 4.78 is 11.3. The first-order valence-corrected chi connectivity index (χ1v) is 5.34. The standard InChI is InChI=1S/C11H12BrNO2/c1-14-11-8-10(12)3-2-9(11)4-6-15-7-5-13/h2-3,8H,4,6-7H2,1H3. The van der Waals surface area contributed by atoms with Crippen LogP contribution in [-0.2, 0) is 11.2 Å². The van der Waals surface area contributed by atoms with Gasteiger partial charge in [-0.3, -0.25) is 0 Å². The molecule has 0 radical (unpaired) electrons. The predicted molar refractivity (Wildman–Crippen MR) is 60.8 cm³/mol. The molecule has 4 heteroatoms. The maximum absolute atomic E-state index is 8.29. The van der Waals surface area contributed by atoms with Gasteiger partial charge in [-0.05, 0) is 24.1 Å². The summed E-state index contributed by atoms with van der Waals surface area (Å²) in [6.45, 7) is 0.671. The van der Waals surface area contributed by atoms with E-state index in [1.165, 1.54) is 0 Å². The third-order valence-electron chi connectivity index (χ3n) is 1.93. The Morgan fingerprint density at radius 3 is 2.93 bits per heavy atom. The maximum atomic E-state index is 8.29. The van der Waals surface area contributed by atoms with Crippen LogP contribution in [0.1, 0.15) is 5.56 Å². The molecule has 0 heterocycles. The van der Waals surface area contributed by atoms with Crippen molar-refractivity contribution in [3.63, 3.8) is 0 Å².